The van der Waals surface area contributed by atoms with Gasteiger partial charge in [-0.25, -0.2) is 0 Å². The maximum absolute atomic E-state index is 12.1. The number of hydrogen-bond donors (Lipinski definition) is 0. The van der Waals surface area contributed by atoms with E-state index in [4.69, 9.17) is 29.0 Å². The Labute approximate surface area is 214 Å². The van der Waals surface area contributed by atoms with Crippen LogP contribution in [0.2, 0.25) is 0 Å². The number of unbranched alkanes of at least 4 members (excludes halogenated alkanes) is 1. The molecule has 0 saturated heterocycles. The second-order valence-corrected chi connectivity index (χ2v) is 10.1. The SMILES string of the molecule is CCCCOC(/C=C/OOCCCC(C)C)(CCOC(=O)C/C=C\OOCCCC(C)C)C(C)C. The summed E-state index contributed by atoms with van der Waals surface area (Å²) in [6.07, 6.45) is 13.1. The van der Waals surface area contributed by atoms with Crippen LogP contribution in [-0.2, 0) is 33.8 Å². The van der Waals surface area contributed by atoms with Gasteiger partial charge in [0, 0.05) is 13.0 Å². The molecule has 0 amide bonds. The normalized spacial score (nSPS) is 13.9. The van der Waals surface area contributed by atoms with Gasteiger partial charge in [0.2, 0.25) is 0 Å². The standard InChI is InChI=1S/C28H52O7/c1-8-9-18-31-28(26(6)7,17-23-35-34-20-11-14-25(4)5)16-22-30-27(29)15-12-21-33-32-19-10-13-24(2)3/h12,17,21,23-26H,8-11,13-16,18-20,22H2,1-7H3/b21-12-,23-17+. The summed E-state index contributed by atoms with van der Waals surface area (Å²) in [5.41, 5.74) is -0.612. The van der Waals surface area contributed by atoms with Gasteiger partial charge in [-0.15, -0.1) is 0 Å². The van der Waals surface area contributed by atoms with Crippen LogP contribution in [-0.4, -0.2) is 38.0 Å². The van der Waals surface area contributed by atoms with E-state index in [0.717, 1.165) is 38.5 Å². The molecular formula is C28H52O7. The van der Waals surface area contributed by atoms with Gasteiger partial charge in [-0.2, -0.15) is 9.78 Å². The molecule has 0 bridgehead atoms. The van der Waals surface area contributed by atoms with Crippen LogP contribution >= 0.6 is 0 Å². The monoisotopic (exact) mass is 500 g/mol. The lowest BCUT2D eigenvalue weighted by atomic mass is 9.87. The minimum atomic E-state index is -0.612. The number of hydrogen-bond acceptors (Lipinski definition) is 7. The maximum atomic E-state index is 12.1. The van der Waals surface area contributed by atoms with Crippen molar-refractivity contribution >= 4 is 5.97 Å². The van der Waals surface area contributed by atoms with Gasteiger partial charge in [0.1, 0.15) is 12.5 Å². The first-order valence-corrected chi connectivity index (χ1v) is 13.4. The molecule has 7 heteroatoms. The molecule has 35 heavy (non-hydrogen) atoms. The Balaban J connectivity index is 4.52. The highest BCUT2D eigenvalue weighted by atomic mass is 17.2. The molecule has 0 aromatic heterocycles. The molecule has 0 saturated carbocycles. The number of carbonyl (C=O) groups is 1. The molecular weight excluding hydrogens is 448 g/mol. The molecule has 0 heterocycles. The number of esters is 1. The fraction of sp³-hybridized carbons (Fsp3) is 0.821. The number of ether oxygens (including phenoxy) is 2. The molecule has 0 aromatic rings. The van der Waals surface area contributed by atoms with Gasteiger partial charge >= 0.3 is 5.97 Å². The van der Waals surface area contributed by atoms with Crippen LogP contribution in [0.5, 0.6) is 0 Å². The second kappa shape index (κ2) is 21.7. The third-order valence-electron chi connectivity index (χ3n) is 5.60. The zero-order chi connectivity index (χ0) is 26.4. The minimum absolute atomic E-state index is 0.115. The van der Waals surface area contributed by atoms with Crippen molar-refractivity contribution in [1.29, 1.82) is 0 Å². The van der Waals surface area contributed by atoms with E-state index in [1.807, 2.05) is 6.08 Å². The van der Waals surface area contributed by atoms with Gasteiger partial charge in [-0.3, -0.25) is 4.79 Å². The van der Waals surface area contributed by atoms with Crippen LogP contribution < -0.4 is 0 Å². The topological polar surface area (TPSA) is 72.5 Å². The molecule has 1 atom stereocenters. The Morgan fingerprint density at radius 3 is 1.94 bits per heavy atom. The van der Waals surface area contributed by atoms with Gasteiger partial charge in [0.25, 0.3) is 0 Å². The first kappa shape index (κ1) is 33.4. The predicted molar refractivity (Wildman–Crippen MR) is 139 cm³/mol. The predicted octanol–water partition coefficient (Wildman–Crippen LogP) is 7.32. The summed E-state index contributed by atoms with van der Waals surface area (Å²) in [4.78, 5) is 32.7. The van der Waals surface area contributed by atoms with E-state index in [1.165, 1.54) is 6.26 Å². The van der Waals surface area contributed by atoms with E-state index in [1.54, 1.807) is 12.3 Å². The fourth-order valence-electron chi connectivity index (χ4n) is 3.24. The Hall–Kier alpha value is -1.57. The van der Waals surface area contributed by atoms with E-state index < -0.39 is 5.60 Å². The average Bonchev–Trinajstić information content (AvgIpc) is 2.79. The Kier molecular flexibility index (Phi) is 20.7. The van der Waals surface area contributed by atoms with Gasteiger partial charge < -0.3 is 19.2 Å². The molecule has 7 nitrogen and oxygen atoms in total. The molecule has 1 unspecified atom stereocenters. The number of carbonyl (C=O) groups excluding carboxylic acids is 1. The lowest BCUT2D eigenvalue weighted by molar-refractivity contribution is -0.250. The highest BCUT2D eigenvalue weighted by Gasteiger charge is 2.32. The summed E-state index contributed by atoms with van der Waals surface area (Å²) in [6.45, 7) is 17.0. The fourth-order valence-corrected chi connectivity index (χ4v) is 3.24. The minimum Gasteiger partial charge on any atom is -0.465 e. The molecule has 0 rings (SSSR count). The van der Waals surface area contributed by atoms with Crippen molar-refractivity contribution in [2.45, 2.75) is 105 Å². The number of rotatable bonds is 23. The van der Waals surface area contributed by atoms with E-state index in [0.29, 0.717) is 38.1 Å². The van der Waals surface area contributed by atoms with Crippen molar-refractivity contribution in [3.63, 3.8) is 0 Å². The average molecular weight is 501 g/mol. The maximum Gasteiger partial charge on any atom is 0.309 e. The highest BCUT2D eigenvalue weighted by molar-refractivity contribution is 5.71. The van der Waals surface area contributed by atoms with Crippen molar-refractivity contribution in [2.75, 3.05) is 26.4 Å². The lowest BCUT2D eigenvalue weighted by Crippen LogP contribution is -2.38. The van der Waals surface area contributed by atoms with Gasteiger partial charge in [0.15, 0.2) is 0 Å². The molecule has 0 aliphatic rings. The lowest BCUT2D eigenvalue weighted by Gasteiger charge is -2.34. The smallest absolute Gasteiger partial charge is 0.309 e. The van der Waals surface area contributed by atoms with Crippen LogP contribution in [0.25, 0.3) is 0 Å². The van der Waals surface area contributed by atoms with Gasteiger partial charge in [-0.1, -0.05) is 54.9 Å². The third kappa shape index (κ3) is 19.3. The van der Waals surface area contributed by atoms with E-state index in [2.05, 4.69) is 48.5 Å². The molecule has 0 aromatic carbocycles. The Morgan fingerprint density at radius 2 is 1.40 bits per heavy atom. The summed E-state index contributed by atoms with van der Waals surface area (Å²) >= 11 is 0. The zero-order valence-corrected chi connectivity index (χ0v) is 23.4. The molecule has 0 spiro atoms. The van der Waals surface area contributed by atoms with Gasteiger partial charge in [0.05, 0.1) is 31.8 Å². The summed E-state index contributed by atoms with van der Waals surface area (Å²) in [5, 5.41) is 0. The van der Waals surface area contributed by atoms with Crippen molar-refractivity contribution in [1.82, 2.24) is 0 Å². The second-order valence-electron chi connectivity index (χ2n) is 10.1. The Bertz CT molecular complexity index is 558. The van der Waals surface area contributed by atoms with Crippen LogP contribution in [0.15, 0.2) is 24.7 Å². The van der Waals surface area contributed by atoms with Crippen molar-refractivity contribution in [3.05, 3.63) is 24.7 Å². The Morgan fingerprint density at radius 1 is 0.800 bits per heavy atom. The van der Waals surface area contributed by atoms with E-state index in [9.17, 15) is 4.79 Å². The highest BCUT2D eigenvalue weighted by Crippen LogP contribution is 2.29. The molecule has 0 aliphatic carbocycles. The summed E-state index contributed by atoms with van der Waals surface area (Å²) < 4.78 is 11.7. The van der Waals surface area contributed by atoms with Crippen molar-refractivity contribution < 1.29 is 33.8 Å². The van der Waals surface area contributed by atoms with Crippen LogP contribution in [0.3, 0.4) is 0 Å². The zero-order valence-electron chi connectivity index (χ0n) is 23.4. The summed E-state index contributed by atoms with van der Waals surface area (Å²) in [5.74, 6) is 1.11. The van der Waals surface area contributed by atoms with Crippen molar-refractivity contribution in [3.8, 4) is 0 Å². The van der Waals surface area contributed by atoms with E-state index in [-0.39, 0.29) is 24.9 Å². The largest absolute Gasteiger partial charge is 0.465 e. The molecule has 206 valence electrons. The quantitative estimate of drug-likeness (QED) is 0.0478. The summed E-state index contributed by atoms with van der Waals surface area (Å²) in [6, 6.07) is 0. The third-order valence-corrected chi connectivity index (χ3v) is 5.60. The molecule has 0 fully saturated rings. The van der Waals surface area contributed by atoms with Crippen LogP contribution in [0.4, 0.5) is 0 Å². The molecule has 0 N–H and O–H groups in total. The molecule has 0 aliphatic heterocycles. The van der Waals surface area contributed by atoms with Crippen molar-refractivity contribution in [2.24, 2.45) is 17.8 Å². The van der Waals surface area contributed by atoms with Crippen LogP contribution in [0, 0.1) is 17.8 Å². The first-order chi connectivity index (χ1) is 16.7. The van der Waals surface area contributed by atoms with Crippen LogP contribution in [0.1, 0.15) is 99.8 Å². The van der Waals surface area contributed by atoms with Gasteiger partial charge in [-0.05, 0) is 62.0 Å². The van der Waals surface area contributed by atoms with E-state index >= 15 is 0 Å². The molecule has 0 radical (unpaired) electrons. The first-order valence-electron chi connectivity index (χ1n) is 13.4. The summed E-state index contributed by atoms with van der Waals surface area (Å²) in [7, 11) is 0.